The third-order valence-corrected chi connectivity index (χ3v) is 3.63. The number of nitrogens with one attached hydrogen (secondary N) is 2. The second-order valence-corrected chi connectivity index (χ2v) is 4.90. The SMILES string of the molecule is CNc1cccc(Nc2ccc3sccc3c2)n1. The Labute approximate surface area is 109 Å². The first-order chi connectivity index (χ1) is 8.85. The van der Waals surface area contributed by atoms with Crippen LogP contribution in [-0.4, -0.2) is 12.0 Å². The average molecular weight is 255 g/mol. The van der Waals surface area contributed by atoms with Gasteiger partial charge in [0.05, 0.1) is 0 Å². The van der Waals surface area contributed by atoms with Gasteiger partial charge in [0, 0.05) is 17.4 Å². The minimum Gasteiger partial charge on any atom is -0.373 e. The molecule has 1 aromatic carbocycles. The lowest BCUT2D eigenvalue weighted by atomic mass is 10.2. The summed E-state index contributed by atoms with van der Waals surface area (Å²) in [5.74, 6) is 1.70. The Morgan fingerprint density at radius 2 is 1.94 bits per heavy atom. The summed E-state index contributed by atoms with van der Waals surface area (Å²) in [5, 5.41) is 9.71. The Kier molecular flexibility index (Phi) is 2.86. The highest BCUT2D eigenvalue weighted by Gasteiger charge is 2.00. The van der Waals surface area contributed by atoms with Gasteiger partial charge in [0.15, 0.2) is 0 Å². The largest absolute Gasteiger partial charge is 0.373 e. The Morgan fingerprint density at radius 3 is 2.83 bits per heavy atom. The summed E-state index contributed by atoms with van der Waals surface area (Å²) < 4.78 is 1.30. The van der Waals surface area contributed by atoms with Crippen molar-refractivity contribution in [1.29, 1.82) is 0 Å². The molecule has 4 heteroatoms. The van der Waals surface area contributed by atoms with Gasteiger partial charge >= 0.3 is 0 Å². The third-order valence-electron chi connectivity index (χ3n) is 2.73. The van der Waals surface area contributed by atoms with Gasteiger partial charge in [-0.3, -0.25) is 0 Å². The van der Waals surface area contributed by atoms with Crippen LogP contribution in [0.4, 0.5) is 17.3 Å². The van der Waals surface area contributed by atoms with Gasteiger partial charge in [-0.25, -0.2) is 4.98 Å². The summed E-state index contributed by atoms with van der Waals surface area (Å²) >= 11 is 1.75. The van der Waals surface area contributed by atoms with Crippen molar-refractivity contribution >= 4 is 38.7 Å². The van der Waals surface area contributed by atoms with Crippen LogP contribution in [0.1, 0.15) is 0 Å². The summed E-state index contributed by atoms with van der Waals surface area (Å²) in [7, 11) is 1.86. The molecule has 0 atom stereocenters. The van der Waals surface area contributed by atoms with Crippen LogP contribution in [0.2, 0.25) is 0 Å². The fourth-order valence-corrected chi connectivity index (χ4v) is 2.61. The summed E-state index contributed by atoms with van der Waals surface area (Å²) in [5.41, 5.74) is 1.06. The van der Waals surface area contributed by atoms with Gasteiger partial charge < -0.3 is 10.6 Å². The molecule has 0 bridgehead atoms. The number of rotatable bonds is 3. The number of hydrogen-bond donors (Lipinski definition) is 2. The first kappa shape index (κ1) is 11.0. The third kappa shape index (κ3) is 2.15. The Morgan fingerprint density at radius 1 is 1.06 bits per heavy atom. The van der Waals surface area contributed by atoms with Crippen LogP contribution < -0.4 is 10.6 Å². The quantitative estimate of drug-likeness (QED) is 0.740. The molecule has 0 saturated carbocycles. The van der Waals surface area contributed by atoms with Gasteiger partial charge in [-0.2, -0.15) is 0 Å². The van der Waals surface area contributed by atoms with Crippen LogP contribution in [0.15, 0.2) is 47.8 Å². The lowest BCUT2D eigenvalue weighted by molar-refractivity contribution is 1.28. The van der Waals surface area contributed by atoms with Crippen molar-refractivity contribution in [1.82, 2.24) is 4.98 Å². The summed E-state index contributed by atoms with van der Waals surface area (Å²) in [6, 6.07) is 14.3. The smallest absolute Gasteiger partial charge is 0.132 e. The minimum absolute atomic E-state index is 0.844. The number of pyridine rings is 1. The molecule has 0 saturated heterocycles. The van der Waals surface area contributed by atoms with Crippen LogP contribution >= 0.6 is 11.3 Å². The molecule has 3 nitrogen and oxygen atoms in total. The maximum absolute atomic E-state index is 4.43. The van der Waals surface area contributed by atoms with Crippen molar-refractivity contribution in [3.8, 4) is 0 Å². The topological polar surface area (TPSA) is 37.0 Å². The number of aromatic nitrogens is 1. The minimum atomic E-state index is 0.844. The summed E-state index contributed by atoms with van der Waals surface area (Å²) in [6.45, 7) is 0. The van der Waals surface area contributed by atoms with Gasteiger partial charge in [0.2, 0.25) is 0 Å². The number of hydrogen-bond acceptors (Lipinski definition) is 4. The molecule has 0 aliphatic rings. The highest BCUT2D eigenvalue weighted by molar-refractivity contribution is 7.17. The lowest BCUT2D eigenvalue weighted by Gasteiger charge is -2.07. The normalized spacial score (nSPS) is 10.5. The van der Waals surface area contributed by atoms with E-state index in [1.165, 1.54) is 10.1 Å². The van der Waals surface area contributed by atoms with Crippen LogP contribution in [0.5, 0.6) is 0 Å². The fourth-order valence-electron chi connectivity index (χ4n) is 1.84. The van der Waals surface area contributed by atoms with E-state index in [1.54, 1.807) is 11.3 Å². The van der Waals surface area contributed by atoms with Crippen molar-refractivity contribution in [2.75, 3.05) is 17.7 Å². The zero-order valence-corrected chi connectivity index (χ0v) is 10.8. The van der Waals surface area contributed by atoms with E-state index in [4.69, 9.17) is 0 Å². The average Bonchev–Trinajstić information content (AvgIpc) is 2.86. The van der Waals surface area contributed by atoms with E-state index < -0.39 is 0 Å². The highest BCUT2D eigenvalue weighted by atomic mass is 32.1. The fraction of sp³-hybridized carbons (Fsp3) is 0.0714. The predicted molar refractivity (Wildman–Crippen MR) is 78.9 cm³/mol. The van der Waals surface area contributed by atoms with E-state index in [0.717, 1.165) is 17.3 Å². The first-order valence-electron chi connectivity index (χ1n) is 5.74. The zero-order valence-electron chi connectivity index (χ0n) is 9.97. The lowest BCUT2D eigenvalue weighted by Crippen LogP contribution is -1.97. The predicted octanol–water partition coefficient (Wildman–Crippen LogP) is 4.08. The van der Waals surface area contributed by atoms with E-state index in [9.17, 15) is 0 Å². The molecule has 2 heterocycles. The van der Waals surface area contributed by atoms with Gasteiger partial charge in [0.25, 0.3) is 0 Å². The Hall–Kier alpha value is -2.07. The Balaban J connectivity index is 1.90. The van der Waals surface area contributed by atoms with Crippen molar-refractivity contribution in [3.63, 3.8) is 0 Å². The standard InChI is InChI=1S/C14H13N3S/c1-15-13-3-2-4-14(17-13)16-11-5-6-12-10(9-11)7-8-18-12/h2-9H,1H3,(H2,15,16,17). The van der Waals surface area contributed by atoms with Crippen molar-refractivity contribution in [2.24, 2.45) is 0 Å². The first-order valence-corrected chi connectivity index (χ1v) is 6.62. The van der Waals surface area contributed by atoms with Crippen LogP contribution in [0.25, 0.3) is 10.1 Å². The molecule has 3 aromatic rings. The van der Waals surface area contributed by atoms with E-state index in [2.05, 4.69) is 45.3 Å². The molecule has 3 rings (SSSR count). The number of anilines is 3. The van der Waals surface area contributed by atoms with E-state index in [1.807, 2.05) is 25.2 Å². The molecule has 18 heavy (non-hydrogen) atoms. The molecule has 90 valence electrons. The molecule has 0 aliphatic heterocycles. The van der Waals surface area contributed by atoms with Gasteiger partial charge in [-0.05, 0) is 47.2 Å². The van der Waals surface area contributed by atoms with E-state index in [0.29, 0.717) is 0 Å². The Bertz CT molecular complexity index is 675. The molecule has 0 unspecified atom stereocenters. The molecular formula is C14H13N3S. The highest BCUT2D eigenvalue weighted by Crippen LogP contribution is 2.25. The summed E-state index contributed by atoms with van der Waals surface area (Å²) in [4.78, 5) is 4.43. The number of benzene rings is 1. The zero-order chi connectivity index (χ0) is 12.4. The van der Waals surface area contributed by atoms with Crippen molar-refractivity contribution in [2.45, 2.75) is 0 Å². The number of nitrogens with zero attached hydrogens (tertiary/aromatic N) is 1. The summed E-state index contributed by atoms with van der Waals surface area (Å²) in [6.07, 6.45) is 0. The maximum atomic E-state index is 4.43. The van der Waals surface area contributed by atoms with Crippen LogP contribution in [0, 0.1) is 0 Å². The second kappa shape index (κ2) is 4.66. The van der Waals surface area contributed by atoms with Crippen molar-refractivity contribution in [3.05, 3.63) is 47.8 Å². The number of fused-ring (bicyclic) bond motifs is 1. The van der Waals surface area contributed by atoms with Crippen LogP contribution in [0.3, 0.4) is 0 Å². The van der Waals surface area contributed by atoms with E-state index in [-0.39, 0.29) is 0 Å². The van der Waals surface area contributed by atoms with Crippen molar-refractivity contribution < 1.29 is 0 Å². The van der Waals surface area contributed by atoms with E-state index >= 15 is 0 Å². The maximum Gasteiger partial charge on any atom is 0.132 e. The molecular weight excluding hydrogens is 242 g/mol. The molecule has 0 amide bonds. The molecule has 0 aliphatic carbocycles. The van der Waals surface area contributed by atoms with Crippen LogP contribution in [-0.2, 0) is 0 Å². The molecule has 2 N–H and O–H groups in total. The van der Waals surface area contributed by atoms with Gasteiger partial charge in [0.1, 0.15) is 11.6 Å². The molecule has 0 spiro atoms. The molecule has 0 radical (unpaired) electrons. The molecule has 0 fully saturated rings. The monoisotopic (exact) mass is 255 g/mol. The van der Waals surface area contributed by atoms with Gasteiger partial charge in [-0.15, -0.1) is 11.3 Å². The number of thiophene rings is 1. The molecule has 2 aromatic heterocycles. The second-order valence-electron chi connectivity index (χ2n) is 3.96. The van der Waals surface area contributed by atoms with Gasteiger partial charge in [-0.1, -0.05) is 6.07 Å².